The van der Waals surface area contributed by atoms with Gasteiger partial charge >= 0.3 is 5.97 Å². The molecule has 1 saturated carbocycles. The summed E-state index contributed by atoms with van der Waals surface area (Å²) in [5, 5.41) is 23.1. The smallest absolute Gasteiger partial charge is 0.354 e. The van der Waals surface area contributed by atoms with E-state index in [2.05, 4.69) is 45.8 Å². The second kappa shape index (κ2) is 14.0. The molecule has 2 aromatic heterocycles. The van der Waals surface area contributed by atoms with Crippen molar-refractivity contribution in [3.05, 3.63) is 59.3 Å². The Morgan fingerprint density at radius 2 is 1.61 bits per heavy atom. The van der Waals surface area contributed by atoms with Crippen LogP contribution in [0.15, 0.2) is 47.5 Å². The van der Waals surface area contributed by atoms with Crippen LogP contribution in [0.5, 0.6) is 5.88 Å². The van der Waals surface area contributed by atoms with Gasteiger partial charge in [-0.2, -0.15) is 13.4 Å². The molecule has 0 unspecified atom stereocenters. The molecule has 12 heteroatoms. The number of hydrogen-bond donors (Lipinski definition) is 4. The summed E-state index contributed by atoms with van der Waals surface area (Å²) >= 11 is 0. The molecule has 11 nitrogen and oxygen atoms in total. The third-order valence-electron chi connectivity index (χ3n) is 8.37. The lowest BCUT2D eigenvalue weighted by molar-refractivity contribution is -0.00397. The fourth-order valence-corrected chi connectivity index (χ4v) is 7.05. The molecule has 0 aliphatic heterocycles. The fourth-order valence-electron chi connectivity index (χ4n) is 6.14. The van der Waals surface area contributed by atoms with Gasteiger partial charge in [0, 0.05) is 23.7 Å². The lowest BCUT2D eigenvalue weighted by Gasteiger charge is -2.38. The third-order valence-corrected chi connectivity index (χ3v) is 9.60. The Morgan fingerprint density at radius 1 is 0.978 bits per heavy atom. The van der Waals surface area contributed by atoms with E-state index >= 15 is 0 Å². The molecule has 1 aliphatic carbocycles. The largest absolute Gasteiger partial charge is 0.477 e. The van der Waals surface area contributed by atoms with Crippen molar-refractivity contribution in [3.8, 4) is 17.1 Å². The van der Waals surface area contributed by atoms with E-state index < -0.39 is 32.3 Å². The summed E-state index contributed by atoms with van der Waals surface area (Å²) in [6, 6.07) is 11.6. The number of carbonyl (C=O) groups is 1. The summed E-state index contributed by atoms with van der Waals surface area (Å²) in [6.45, 7) is 14.5. The molecule has 250 valence electrons. The number of nitrogens with one attached hydrogen (secondary N) is 2. The quantitative estimate of drug-likeness (QED) is 0.189. The number of anilines is 1. The van der Waals surface area contributed by atoms with Gasteiger partial charge in [0.25, 0.3) is 10.0 Å². The lowest BCUT2D eigenvalue weighted by Crippen LogP contribution is -2.46. The minimum absolute atomic E-state index is 0.00889. The molecule has 3 aromatic rings. The van der Waals surface area contributed by atoms with Crippen LogP contribution < -0.4 is 14.8 Å². The van der Waals surface area contributed by atoms with Crippen molar-refractivity contribution in [2.45, 2.75) is 103 Å². The number of benzene rings is 1. The van der Waals surface area contributed by atoms with Crippen molar-refractivity contribution < 1.29 is 28.2 Å². The predicted octanol–water partition coefficient (Wildman–Crippen LogP) is 5.76. The Balaban J connectivity index is 1.62. The van der Waals surface area contributed by atoms with Crippen LogP contribution in [0.2, 0.25) is 0 Å². The molecule has 0 bridgehead atoms. The number of hydrogen-bond acceptors (Lipinski definition) is 9. The maximum atomic E-state index is 13.3. The minimum Gasteiger partial charge on any atom is -0.477 e. The minimum atomic E-state index is -4.33. The van der Waals surface area contributed by atoms with Crippen molar-refractivity contribution in [2.24, 2.45) is 11.3 Å². The number of aromatic carboxylic acids is 1. The zero-order valence-corrected chi connectivity index (χ0v) is 28.6. The van der Waals surface area contributed by atoms with E-state index in [0.29, 0.717) is 18.3 Å². The lowest BCUT2D eigenvalue weighted by atomic mass is 9.77. The number of nitrogens with zero attached hydrogens (tertiary/aromatic N) is 3. The standard InChI is InChI=1S/C34H47N5O6S/c1-21-10-8-11-22(2)30(21)27-18-28(38-32(37-27)39-46(43,44)29-13-9-12-26(36-29)31(40)41)45-20-25(19-33(3,4)5)35-24-16-14-23(15-17-24)34(6,7)42/h8-13,18,23-25,35,42H,14-17,19-20H2,1-7H3,(H,40,41)(H,37,38,39)/t23?,24?,25-/m1/s1. The Morgan fingerprint density at radius 3 is 2.20 bits per heavy atom. The van der Waals surface area contributed by atoms with Gasteiger partial charge in [0.05, 0.1) is 11.3 Å². The van der Waals surface area contributed by atoms with Crippen LogP contribution in [0.25, 0.3) is 11.3 Å². The summed E-state index contributed by atoms with van der Waals surface area (Å²) in [5.41, 5.74) is 2.13. The summed E-state index contributed by atoms with van der Waals surface area (Å²) in [4.78, 5) is 24.1. The van der Waals surface area contributed by atoms with Gasteiger partial charge in [-0.15, -0.1) is 0 Å². The van der Waals surface area contributed by atoms with E-state index in [0.717, 1.165) is 48.8 Å². The van der Waals surface area contributed by atoms with Gasteiger partial charge in [0.15, 0.2) is 5.03 Å². The fraction of sp³-hybridized carbons (Fsp3) is 0.529. The second-order valence-corrected chi connectivity index (χ2v) is 15.7. The van der Waals surface area contributed by atoms with Crippen LogP contribution in [0, 0.1) is 25.2 Å². The van der Waals surface area contributed by atoms with Crippen molar-refractivity contribution in [1.29, 1.82) is 0 Å². The van der Waals surface area contributed by atoms with E-state index in [1.165, 1.54) is 18.2 Å². The summed E-state index contributed by atoms with van der Waals surface area (Å²) in [6.07, 6.45) is 4.65. The highest BCUT2D eigenvalue weighted by atomic mass is 32.2. The van der Waals surface area contributed by atoms with E-state index in [4.69, 9.17) is 4.74 Å². The Kier molecular flexibility index (Phi) is 10.7. The number of aryl methyl sites for hydroxylation is 2. The molecule has 0 amide bonds. The maximum Gasteiger partial charge on any atom is 0.354 e. The van der Waals surface area contributed by atoms with Crippen molar-refractivity contribution in [1.82, 2.24) is 20.3 Å². The van der Waals surface area contributed by atoms with E-state index in [-0.39, 0.29) is 29.2 Å². The molecular formula is C34H47N5O6S. The molecule has 2 heterocycles. The molecule has 1 fully saturated rings. The normalized spacial score (nSPS) is 18.2. The molecule has 1 atom stereocenters. The molecule has 46 heavy (non-hydrogen) atoms. The van der Waals surface area contributed by atoms with Crippen LogP contribution in [0.1, 0.15) is 88.3 Å². The molecule has 0 radical (unpaired) electrons. The van der Waals surface area contributed by atoms with E-state index in [1.54, 1.807) is 6.07 Å². The highest BCUT2D eigenvalue weighted by Gasteiger charge is 2.33. The Bertz CT molecular complexity index is 1620. The Labute approximate surface area is 272 Å². The van der Waals surface area contributed by atoms with Gasteiger partial charge < -0.3 is 20.3 Å². The maximum absolute atomic E-state index is 13.3. The van der Waals surface area contributed by atoms with Gasteiger partial charge in [0.1, 0.15) is 12.3 Å². The highest BCUT2D eigenvalue weighted by molar-refractivity contribution is 7.92. The molecule has 4 rings (SSSR count). The predicted molar refractivity (Wildman–Crippen MR) is 177 cm³/mol. The summed E-state index contributed by atoms with van der Waals surface area (Å²) < 4.78 is 35.3. The number of aliphatic hydroxyl groups is 1. The topological polar surface area (TPSA) is 164 Å². The van der Waals surface area contributed by atoms with Crippen molar-refractivity contribution >= 4 is 21.9 Å². The second-order valence-electron chi connectivity index (χ2n) is 14.1. The summed E-state index contributed by atoms with van der Waals surface area (Å²) in [5.74, 6) is -1.09. The Hall–Kier alpha value is -3.61. The molecule has 4 N–H and O–H groups in total. The zero-order valence-electron chi connectivity index (χ0n) is 27.8. The van der Waals surface area contributed by atoms with Crippen LogP contribution in [0.4, 0.5) is 5.95 Å². The van der Waals surface area contributed by atoms with E-state index in [9.17, 15) is 23.4 Å². The van der Waals surface area contributed by atoms with Crippen LogP contribution >= 0.6 is 0 Å². The number of pyridine rings is 1. The van der Waals surface area contributed by atoms with Gasteiger partial charge in [0.2, 0.25) is 11.8 Å². The van der Waals surface area contributed by atoms with Gasteiger partial charge in [-0.25, -0.2) is 19.5 Å². The van der Waals surface area contributed by atoms with E-state index in [1.807, 2.05) is 45.9 Å². The first kappa shape index (κ1) is 35.2. The van der Waals surface area contributed by atoms with Gasteiger partial charge in [-0.3, -0.25) is 0 Å². The van der Waals surface area contributed by atoms with Crippen LogP contribution in [-0.2, 0) is 10.0 Å². The van der Waals surface area contributed by atoms with Crippen LogP contribution in [0.3, 0.4) is 0 Å². The molecule has 0 spiro atoms. The molecule has 1 aromatic carbocycles. The number of carboxylic acid groups (broad SMARTS) is 1. The van der Waals surface area contributed by atoms with Gasteiger partial charge in [-0.1, -0.05) is 45.0 Å². The summed E-state index contributed by atoms with van der Waals surface area (Å²) in [7, 11) is -4.33. The number of rotatable bonds is 12. The third kappa shape index (κ3) is 9.46. The molecular weight excluding hydrogens is 606 g/mol. The first-order chi connectivity index (χ1) is 21.4. The number of aromatic nitrogens is 3. The zero-order chi connectivity index (χ0) is 33.9. The van der Waals surface area contributed by atoms with Crippen LogP contribution in [-0.4, -0.2) is 63.8 Å². The monoisotopic (exact) mass is 653 g/mol. The average Bonchev–Trinajstić information content (AvgIpc) is 2.95. The average molecular weight is 654 g/mol. The number of carboxylic acids is 1. The first-order valence-electron chi connectivity index (χ1n) is 15.7. The highest BCUT2D eigenvalue weighted by Crippen LogP contribution is 2.34. The number of sulfonamides is 1. The SMILES string of the molecule is Cc1cccc(C)c1-c1cc(OC[C@@H](CC(C)(C)C)NC2CCC(C(C)(C)O)CC2)nc(NS(=O)(=O)c2cccc(C(=O)O)n2)n1. The molecule has 0 saturated heterocycles. The number of ether oxygens (including phenoxy) is 1. The first-order valence-corrected chi connectivity index (χ1v) is 17.2. The van der Waals surface area contributed by atoms with Gasteiger partial charge in [-0.05, 0) is 94.4 Å². The van der Waals surface area contributed by atoms with Crippen molar-refractivity contribution in [3.63, 3.8) is 0 Å². The van der Waals surface area contributed by atoms with Crippen molar-refractivity contribution in [2.75, 3.05) is 11.3 Å². The molecule has 1 aliphatic rings.